The summed E-state index contributed by atoms with van der Waals surface area (Å²) in [6.07, 6.45) is 4.01. The smallest absolute Gasteiger partial charge is 0.0638 e. The summed E-state index contributed by atoms with van der Waals surface area (Å²) >= 11 is 0. The van der Waals surface area contributed by atoms with Crippen LogP contribution in [0.3, 0.4) is 0 Å². The highest BCUT2D eigenvalue weighted by Crippen LogP contribution is 2.40. The molecule has 3 heteroatoms. The van der Waals surface area contributed by atoms with E-state index in [1.54, 1.807) is 0 Å². The zero-order valence-electron chi connectivity index (χ0n) is 11.1. The third-order valence-electron chi connectivity index (χ3n) is 3.98. The van der Waals surface area contributed by atoms with Crippen molar-refractivity contribution in [2.75, 3.05) is 0 Å². The second-order valence-corrected chi connectivity index (χ2v) is 5.31. The number of hydrazine groups is 1. The molecule has 2 aromatic rings. The molecule has 1 aromatic carbocycles. The average Bonchev–Trinajstić information content (AvgIpc) is 2.40. The highest BCUT2D eigenvalue weighted by atomic mass is 15.2. The third-order valence-corrected chi connectivity index (χ3v) is 3.98. The Bertz CT molecular complexity index is 580. The summed E-state index contributed by atoms with van der Waals surface area (Å²) in [6.45, 7) is 2.08. The van der Waals surface area contributed by atoms with E-state index in [9.17, 15) is 0 Å². The quantitative estimate of drug-likeness (QED) is 0.650. The van der Waals surface area contributed by atoms with Gasteiger partial charge >= 0.3 is 0 Å². The van der Waals surface area contributed by atoms with Gasteiger partial charge in [-0.1, -0.05) is 24.3 Å². The minimum Gasteiger partial charge on any atom is -0.271 e. The number of aryl methyl sites for hydroxylation is 1. The lowest BCUT2D eigenvalue weighted by molar-refractivity contribution is 0.428. The Balaban J connectivity index is 1.76. The number of nitrogens with zero attached hydrogens (tertiary/aromatic N) is 1. The normalized spacial score (nSPS) is 18.5. The van der Waals surface area contributed by atoms with Crippen LogP contribution in [0.5, 0.6) is 0 Å². The molecule has 0 bridgehead atoms. The van der Waals surface area contributed by atoms with Crippen LogP contribution in [0.4, 0.5) is 0 Å². The maximum absolute atomic E-state index is 5.71. The average molecular weight is 253 g/mol. The lowest BCUT2D eigenvalue weighted by atomic mass is 9.74. The molecule has 0 aliphatic heterocycles. The highest BCUT2D eigenvalue weighted by Gasteiger charge is 2.28. The number of pyridine rings is 1. The van der Waals surface area contributed by atoms with Crippen molar-refractivity contribution < 1.29 is 0 Å². The van der Waals surface area contributed by atoms with E-state index in [-0.39, 0.29) is 6.04 Å². The zero-order chi connectivity index (χ0) is 13.2. The van der Waals surface area contributed by atoms with Gasteiger partial charge in [-0.3, -0.25) is 16.3 Å². The van der Waals surface area contributed by atoms with Gasteiger partial charge < -0.3 is 0 Å². The fourth-order valence-corrected chi connectivity index (χ4v) is 2.88. The minimum absolute atomic E-state index is 0.123. The molecule has 1 aromatic heterocycles. The molecule has 0 amide bonds. The van der Waals surface area contributed by atoms with Gasteiger partial charge in [-0.05, 0) is 54.5 Å². The van der Waals surface area contributed by atoms with Crippen molar-refractivity contribution in [3.8, 4) is 0 Å². The number of hydrogen-bond donors (Lipinski definition) is 2. The molecule has 0 radical (unpaired) electrons. The molecule has 2 unspecified atom stereocenters. The third kappa shape index (κ3) is 2.39. The maximum atomic E-state index is 5.71. The predicted octanol–water partition coefficient (Wildman–Crippen LogP) is 2.62. The van der Waals surface area contributed by atoms with Gasteiger partial charge in [-0.2, -0.15) is 0 Å². The summed E-state index contributed by atoms with van der Waals surface area (Å²) in [7, 11) is 0. The Labute approximate surface area is 113 Å². The molecule has 0 spiro atoms. The van der Waals surface area contributed by atoms with E-state index < -0.39 is 0 Å². The summed E-state index contributed by atoms with van der Waals surface area (Å²) in [6, 6.07) is 12.9. The molecule has 3 rings (SSSR count). The molecule has 0 saturated heterocycles. The SMILES string of the molecule is Cc1ccnc(C(CC2Cc3ccccc32)NN)c1. The van der Waals surface area contributed by atoms with E-state index >= 15 is 0 Å². The Hall–Kier alpha value is -1.71. The number of fused-ring (bicyclic) bond motifs is 1. The maximum Gasteiger partial charge on any atom is 0.0638 e. The van der Waals surface area contributed by atoms with Gasteiger partial charge in [0.2, 0.25) is 0 Å². The Kier molecular flexibility index (Phi) is 3.32. The van der Waals surface area contributed by atoms with Crippen molar-refractivity contribution in [2.24, 2.45) is 5.84 Å². The van der Waals surface area contributed by atoms with Gasteiger partial charge in [-0.15, -0.1) is 0 Å². The second-order valence-electron chi connectivity index (χ2n) is 5.31. The first-order valence-corrected chi connectivity index (χ1v) is 6.74. The van der Waals surface area contributed by atoms with Gasteiger partial charge in [0.05, 0.1) is 11.7 Å². The van der Waals surface area contributed by atoms with E-state index in [4.69, 9.17) is 5.84 Å². The predicted molar refractivity (Wildman–Crippen MR) is 76.5 cm³/mol. The number of nitrogens with one attached hydrogen (secondary N) is 1. The van der Waals surface area contributed by atoms with Gasteiger partial charge in [0.1, 0.15) is 0 Å². The van der Waals surface area contributed by atoms with Crippen LogP contribution in [-0.2, 0) is 6.42 Å². The van der Waals surface area contributed by atoms with E-state index in [1.165, 1.54) is 16.7 Å². The van der Waals surface area contributed by atoms with Crippen LogP contribution in [0, 0.1) is 6.92 Å². The monoisotopic (exact) mass is 253 g/mol. The van der Waals surface area contributed by atoms with Crippen LogP contribution in [-0.4, -0.2) is 4.98 Å². The van der Waals surface area contributed by atoms with Gasteiger partial charge in [0.15, 0.2) is 0 Å². The molecule has 3 nitrogen and oxygen atoms in total. The first kappa shape index (κ1) is 12.3. The van der Waals surface area contributed by atoms with Crippen molar-refractivity contribution in [1.29, 1.82) is 0 Å². The zero-order valence-corrected chi connectivity index (χ0v) is 11.1. The lowest BCUT2D eigenvalue weighted by Crippen LogP contribution is -2.32. The summed E-state index contributed by atoms with van der Waals surface area (Å²) in [5.74, 6) is 6.31. The van der Waals surface area contributed by atoms with Crippen LogP contribution in [0.15, 0.2) is 42.6 Å². The molecular formula is C16H19N3. The van der Waals surface area contributed by atoms with Crippen LogP contribution in [0.2, 0.25) is 0 Å². The fraction of sp³-hybridized carbons (Fsp3) is 0.312. The van der Waals surface area contributed by atoms with Crippen LogP contribution < -0.4 is 11.3 Å². The van der Waals surface area contributed by atoms with Crippen molar-refractivity contribution in [3.05, 3.63) is 65.0 Å². The fourth-order valence-electron chi connectivity index (χ4n) is 2.88. The Morgan fingerprint density at radius 1 is 1.37 bits per heavy atom. The lowest BCUT2D eigenvalue weighted by Gasteiger charge is -2.32. The topological polar surface area (TPSA) is 50.9 Å². The molecule has 3 N–H and O–H groups in total. The van der Waals surface area contributed by atoms with Crippen LogP contribution in [0.25, 0.3) is 0 Å². The van der Waals surface area contributed by atoms with Crippen molar-refractivity contribution in [3.63, 3.8) is 0 Å². The number of aromatic nitrogens is 1. The van der Waals surface area contributed by atoms with Gasteiger partial charge in [0, 0.05) is 6.20 Å². The van der Waals surface area contributed by atoms with Gasteiger partial charge in [-0.25, -0.2) is 0 Å². The van der Waals surface area contributed by atoms with Crippen LogP contribution in [0.1, 0.15) is 40.8 Å². The summed E-state index contributed by atoms with van der Waals surface area (Å²) in [5.41, 5.74) is 8.11. The number of nitrogens with two attached hydrogens (primary N) is 1. The number of rotatable bonds is 4. The largest absolute Gasteiger partial charge is 0.271 e. The molecule has 1 heterocycles. The van der Waals surface area contributed by atoms with E-state index in [0.717, 1.165) is 18.5 Å². The van der Waals surface area contributed by atoms with Crippen LogP contribution >= 0.6 is 0 Å². The first-order valence-electron chi connectivity index (χ1n) is 6.74. The van der Waals surface area contributed by atoms with Crippen molar-refractivity contribution >= 4 is 0 Å². The van der Waals surface area contributed by atoms with E-state index in [2.05, 4.69) is 47.7 Å². The molecule has 98 valence electrons. The first-order chi connectivity index (χ1) is 9.28. The summed E-state index contributed by atoms with van der Waals surface area (Å²) < 4.78 is 0. The van der Waals surface area contributed by atoms with Crippen molar-refractivity contribution in [1.82, 2.24) is 10.4 Å². The second kappa shape index (κ2) is 5.11. The van der Waals surface area contributed by atoms with E-state index in [1.807, 2.05) is 12.3 Å². The summed E-state index contributed by atoms with van der Waals surface area (Å²) in [5, 5.41) is 0. The molecule has 0 saturated carbocycles. The molecule has 2 atom stereocenters. The number of hydrogen-bond acceptors (Lipinski definition) is 3. The standard InChI is InChI=1S/C16H19N3/c1-11-6-7-18-15(8-11)16(19-17)10-13-9-12-4-2-3-5-14(12)13/h2-8,13,16,19H,9-10,17H2,1H3. The molecule has 1 aliphatic carbocycles. The van der Waals surface area contributed by atoms with E-state index in [0.29, 0.717) is 5.92 Å². The van der Waals surface area contributed by atoms with Gasteiger partial charge in [0.25, 0.3) is 0 Å². The Morgan fingerprint density at radius 2 is 2.21 bits per heavy atom. The summed E-state index contributed by atoms with van der Waals surface area (Å²) in [4.78, 5) is 4.44. The minimum atomic E-state index is 0.123. The molecular weight excluding hydrogens is 234 g/mol. The molecule has 1 aliphatic rings. The Morgan fingerprint density at radius 3 is 2.95 bits per heavy atom. The molecule has 19 heavy (non-hydrogen) atoms. The molecule has 0 fully saturated rings. The van der Waals surface area contributed by atoms with Crippen molar-refractivity contribution in [2.45, 2.75) is 31.7 Å². The number of benzene rings is 1. The highest BCUT2D eigenvalue weighted by molar-refractivity contribution is 5.40.